The van der Waals surface area contributed by atoms with Crippen molar-refractivity contribution >= 4 is 17.1 Å². The van der Waals surface area contributed by atoms with E-state index in [1.54, 1.807) is 11.3 Å². The zero-order valence-corrected chi connectivity index (χ0v) is 10.7. The molecule has 1 aromatic rings. The van der Waals surface area contributed by atoms with Crippen molar-refractivity contribution in [2.75, 3.05) is 13.1 Å². The number of carbonyl (C=O) groups is 1. The number of rotatable bonds is 4. The third kappa shape index (κ3) is 2.18. The van der Waals surface area contributed by atoms with E-state index in [1.807, 2.05) is 12.3 Å². The van der Waals surface area contributed by atoms with Gasteiger partial charge < -0.3 is 5.32 Å². The van der Waals surface area contributed by atoms with Crippen LogP contribution >= 0.6 is 11.3 Å². The van der Waals surface area contributed by atoms with Crippen LogP contribution in [0.2, 0.25) is 0 Å². The molecule has 0 bridgehead atoms. The van der Waals surface area contributed by atoms with Crippen LogP contribution in [0.1, 0.15) is 30.5 Å². The SMILES string of the molecule is CCC1(C(=O)Cc2csc(C)n2)CCNC1. The summed E-state index contributed by atoms with van der Waals surface area (Å²) in [7, 11) is 0. The third-order valence-corrected chi connectivity index (χ3v) is 4.34. The molecule has 4 heteroatoms. The molecule has 1 fully saturated rings. The molecule has 2 rings (SSSR count). The summed E-state index contributed by atoms with van der Waals surface area (Å²) in [5.74, 6) is 0.352. The van der Waals surface area contributed by atoms with Crippen LogP contribution in [-0.2, 0) is 11.2 Å². The van der Waals surface area contributed by atoms with Crippen molar-refractivity contribution in [1.82, 2.24) is 10.3 Å². The van der Waals surface area contributed by atoms with E-state index >= 15 is 0 Å². The molecule has 0 aromatic carbocycles. The Balaban J connectivity index is 2.07. The van der Waals surface area contributed by atoms with Gasteiger partial charge >= 0.3 is 0 Å². The van der Waals surface area contributed by atoms with Gasteiger partial charge in [-0.05, 0) is 26.3 Å². The van der Waals surface area contributed by atoms with Gasteiger partial charge in [0.25, 0.3) is 0 Å². The molecule has 88 valence electrons. The van der Waals surface area contributed by atoms with Crippen LogP contribution < -0.4 is 5.32 Å². The lowest BCUT2D eigenvalue weighted by Crippen LogP contribution is -2.34. The van der Waals surface area contributed by atoms with E-state index in [9.17, 15) is 4.79 Å². The van der Waals surface area contributed by atoms with Gasteiger partial charge in [0, 0.05) is 17.3 Å². The molecule has 2 heterocycles. The minimum absolute atomic E-state index is 0.127. The number of thiazole rings is 1. The van der Waals surface area contributed by atoms with Gasteiger partial charge in [-0.15, -0.1) is 11.3 Å². The van der Waals surface area contributed by atoms with Crippen LogP contribution in [0.4, 0.5) is 0 Å². The molecular weight excluding hydrogens is 220 g/mol. The minimum atomic E-state index is -0.127. The van der Waals surface area contributed by atoms with Crippen LogP contribution in [0.15, 0.2) is 5.38 Å². The maximum absolute atomic E-state index is 12.3. The summed E-state index contributed by atoms with van der Waals surface area (Å²) in [5.41, 5.74) is 0.810. The second-order valence-electron chi connectivity index (χ2n) is 4.52. The van der Waals surface area contributed by atoms with Gasteiger partial charge in [0.05, 0.1) is 17.1 Å². The summed E-state index contributed by atoms with van der Waals surface area (Å²) in [4.78, 5) is 16.7. The zero-order valence-electron chi connectivity index (χ0n) is 9.88. The molecule has 1 aliphatic heterocycles. The first-order chi connectivity index (χ1) is 7.66. The summed E-state index contributed by atoms with van der Waals surface area (Å²) in [6.45, 7) is 5.89. The molecule has 1 aromatic heterocycles. The Morgan fingerprint density at radius 3 is 3.00 bits per heavy atom. The van der Waals surface area contributed by atoms with Gasteiger partial charge in [-0.25, -0.2) is 4.98 Å². The fraction of sp³-hybridized carbons (Fsp3) is 0.667. The highest BCUT2D eigenvalue weighted by Crippen LogP contribution is 2.31. The van der Waals surface area contributed by atoms with E-state index < -0.39 is 0 Å². The van der Waals surface area contributed by atoms with Crippen LogP contribution in [0.25, 0.3) is 0 Å². The highest BCUT2D eigenvalue weighted by Gasteiger charge is 2.38. The highest BCUT2D eigenvalue weighted by atomic mass is 32.1. The number of ketones is 1. The molecule has 1 N–H and O–H groups in total. The first-order valence-corrected chi connectivity index (χ1v) is 6.69. The maximum Gasteiger partial charge on any atom is 0.146 e. The first kappa shape index (κ1) is 11.7. The molecule has 0 saturated carbocycles. The number of aryl methyl sites for hydroxylation is 1. The maximum atomic E-state index is 12.3. The molecule has 0 amide bonds. The Hall–Kier alpha value is -0.740. The van der Waals surface area contributed by atoms with Gasteiger partial charge in [0.15, 0.2) is 0 Å². The zero-order chi connectivity index (χ0) is 11.6. The number of nitrogens with one attached hydrogen (secondary N) is 1. The van der Waals surface area contributed by atoms with E-state index in [0.29, 0.717) is 12.2 Å². The Kier molecular flexibility index (Phi) is 3.40. The van der Waals surface area contributed by atoms with E-state index in [1.165, 1.54) is 0 Å². The summed E-state index contributed by atoms with van der Waals surface area (Å²) in [6.07, 6.45) is 2.41. The lowest BCUT2D eigenvalue weighted by atomic mass is 9.78. The molecule has 1 atom stereocenters. The highest BCUT2D eigenvalue weighted by molar-refractivity contribution is 7.09. The molecule has 3 nitrogen and oxygen atoms in total. The Bertz CT molecular complexity index is 380. The van der Waals surface area contributed by atoms with E-state index in [0.717, 1.165) is 36.6 Å². The topological polar surface area (TPSA) is 42.0 Å². The second kappa shape index (κ2) is 4.63. The molecule has 16 heavy (non-hydrogen) atoms. The number of hydrogen-bond donors (Lipinski definition) is 1. The van der Waals surface area contributed by atoms with E-state index in [2.05, 4.69) is 17.2 Å². The van der Waals surface area contributed by atoms with Crippen molar-refractivity contribution in [2.24, 2.45) is 5.41 Å². The Morgan fingerprint density at radius 1 is 1.69 bits per heavy atom. The normalized spacial score (nSPS) is 24.9. The number of carbonyl (C=O) groups excluding carboxylic acids is 1. The van der Waals surface area contributed by atoms with Crippen molar-refractivity contribution in [2.45, 2.75) is 33.1 Å². The van der Waals surface area contributed by atoms with Crippen LogP contribution in [-0.4, -0.2) is 23.9 Å². The Labute approximate surface area is 100 Å². The van der Waals surface area contributed by atoms with Gasteiger partial charge in [-0.3, -0.25) is 4.79 Å². The number of Topliss-reactive ketones (excluding diaryl/α,β-unsaturated/α-hetero) is 1. The molecule has 0 aliphatic carbocycles. The van der Waals surface area contributed by atoms with Crippen LogP contribution in [0.5, 0.6) is 0 Å². The summed E-state index contributed by atoms with van der Waals surface area (Å²) in [6, 6.07) is 0. The molecule has 0 radical (unpaired) electrons. The van der Waals surface area contributed by atoms with Crippen LogP contribution in [0, 0.1) is 12.3 Å². The predicted octanol–water partition coefficient (Wildman–Crippen LogP) is 1.95. The lowest BCUT2D eigenvalue weighted by Gasteiger charge is -2.24. The van der Waals surface area contributed by atoms with E-state index in [4.69, 9.17) is 0 Å². The largest absolute Gasteiger partial charge is 0.316 e. The van der Waals surface area contributed by atoms with Crippen molar-refractivity contribution in [3.63, 3.8) is 0 Å². The smallest absolute Gasteiger partial charge is 0.146 e. The number of aromatic nitrogens is 1. The summed E-state index contributed by atoms with van der Waals surface area (Å²) in [5, 5.41) is 6.34. The molecule has 1 unspecified atom stereocenters. The van der Waals surface area contributed by atoms with Crippen molar-refractivity contribution < 1.29 is 4.79 Å². The van der Waals surface area contributed by atoms with Gasteiger partial charge in [-0.1, -0.05) is 6.92 Å². The Morgan fingerprint density at radius 2 is 2.50 bits per heavy atom. The monoisotopic (exact) mass is 238 g/mol. The van der Waals surface area contributed by atoms with E-state index in [-0.39, 0.29) is 5.41 Å². The molecule has 0 spiro atoms. The fourth-order valence-electron chi connectivity index (χ4n) is 2.32. The minimum Gasteiger partial charge on any atom is -0.316 e. The summed E-state index contributed by atoms with van der Waals surface area (Å²) >= 11 is 1.62. The van der Waals surface area contributed by atoms with Gasteiger partial charge in [0.1, 0.15) is 5.78 Å². The van der Waals surface area contributed by atoms with Crippen molar-refractivity contribution in [1.29, 1.82) is 0 Å². The average molecular weight is 238 g/mol. The quantitative estimate of drug-likeness (QED) is 0.872. The predicted molar refractivity (Wildman–Crippen MR) is 65.8 cm³/mol. The molecule has 1 aliphatic rings. The molecule has 1 saturated heterocycles. The third-order valence-electron chi connectivity index (χ3n) is 3.52. The first-order valence-electron chi connectivity index (χ1n) is 5.81. The second-order valence-corrected chi connectivity index (χ2v) is 5.58. The van der Waals surface area contributed by atoms with Crippen molar-refractivity contribution in [3.8, 4) is 0 Å². The van der Waals surface area contributed by atoms with Gasteiger partial charge in [0.2, 0.25) is 0 Å². The van der Waals surface area contributed by atoms with Gasteiger partial charge in [-0.2, -0.15) is 0 Å². The lowest BCUT2D eigenvalue weighted by molar-refractivity contribution is -0.127. The number of nitrogens with zero attached hydrogens (tertiary/aromatic N) is 1. The van der Waals surface area contributed by atoms with Crippen LogP contribution in [0.3, 0.4) is 0 Å². The fourth-order valence-corrected chi connectivity index (χ4v) is 2.93. The standard InChI is InChI=1S/C12H18N2OS/c1-3-12(4-5-13-8-12)11(15)6-10-7-16-9(2)14-10/h7,13H,3-6,8H2,1-2H3. The number of hydrogen-bond acceptors (Lipinski definition) is 4. The summed E-state index contributed by atoms with van der Waals surface area (Å²) < 4.78 is 0. The molecular formula is C12H18N2OS. The van der Waals surface area contributed by atoms with Crippen molar-refractivity contribution in [3.05, 3.63) is 16.1 Å². The average Bonchev–Trinajstić information content (AvgIpc) is 2.88.